The Morgan fingerprint density at radius 2 is 1.52 bits per heavy atom. The molecule has 5 heteroatoms. The van der Waals surface area contributed by atoms with Gasteiger partial charge in [-0.3, -0.25) is 0 Å². The zero-order valence-corrected chi connectivity index (χ0v) is 22.6. The van der Waals surface area contributed by atoms with E-state index in [2.05, 4.69) is 101 Å². The Hall–Kier alpha value is -2.21. The molecular weight excluding hydrogens is 424 g/mol. The van der Waals surface area contributed by atoms with Crippen molar-refractivity contribution >= 4 is 8.32 Å². The molecule has 0 aliphatic carbocycles. The van der Waals surface area contributed by atoms with Crippen LogP contribution in [0, 0.1) is 0 Å². The molecule has 4 nitrogen and oxygen atoms in total. The van der Waals surface area contributed by atoms with Gasteiger partial charge in [0.15, 0.2) is 8.32 Å². The van der Waals surface area contributed by atoms with Crippen molar-refractivity contribution in [3.8, 4) is 22.4 Å². The van der Waals surface area contributed by atoms with E-state index in [9.17, 15) is 0 Å². The zero-order chi connectivity index (χ0) is 24.3. The van der Waals surface area contributed by atoms with Gasteiger partial charge < -0.3 is 13.7 Å². The number of hydrogen-bond donors (Lipinski definition) is 0. The van der Waals surface area contributed by atoms with Crippen LogP contribution in [0.2, 0.25) is 18.1 Å². The van der Waals surface area contributed by atoms with Crippen molar-refractivity contribution in [3.63, 3.8) is 0 Å². The van der Waals surface area contributed by atoms with Crippen LogP contribution in [0.5, 0.6) is 0 Å². The van der Waals surface area contributed by atoms with Gasteiger partial charge in [-0.1, -0.05) is 69.3 Å². The van der Waals surface area contributed by atoms with Crippen molar-refractivity contribution in [2.45, 2.75) is 78.4 Å². The average molecular weight is 465 g/mol. The van der Waals surface area contributed by atoms with Crippen LogP contribution >= 0.6 is 0 Å². The van der Waals surface area contributed by atoms with Crippen molar-refractivity contribution in [3.05, 3.63) is 66.6 Å². The lowest BCUT2D eigenvalue weighted by atomic mass is 10.0. The summed E-state index contributed by atoms with van der Waals surface area (Å²) in [5, 5.41) is 0.153. The number of rotatable bonds is 9. The third-order valence-electron chi connectivity index (χ3n) is 6.52. The van der Waals surface area contributed by atoms with Crippen molar-refractivity contribution in [1.29, 1.82) is 0 Å². The molecule has 33 heavy (non-hydrogen) atoms. The van der Waals surface area contributed by atoms with E-state index in [0.717, 1.165) is 17.1 Å². The molecule has 1 heterocycles. The maximum Gasteiger partial charge on any atom is 0.192 e. The predicted molar refractivity (Wildman–Crippen MR) is 141 cm³/mol. The number of hydrogen-bond acceptors (Lipinski definition) is 3. The highest BCUT2D eigenvalue weighted by atomic mass is 28.4. The second kappa shape index (κ2) is 9.96. The zero-order valence-electron chi connectivity index (χ0n) is 21.6. The van der Waals surface area contributed by atoms with Crippen LogP contribution in [0.1, 0.15) is 47.4 Å². The predicted octanol–water partition coefficient (Wildman–Crippen LogP) is 7.55. The van der Waals surface area contributed by atoms with Gasteiger partial charge in [-0.15, -0.1) is 0 Å². The van der Waals surface area contributed by atoms with Crippen LogP contribution in [-0.2, 0) is 22.3 Å². The van der Waals surface area contributed by atoms with Crippen LogP contribution in [0.25, 0.3) is 22.4 Å². The maximum absolute atomic E-state index is 6.86. The van der Waals surface area contributed by atoms with Gasteiger partial charge in [-0.05, 0) is 56.1 Å². The third-order valence-corrected chi connectivity index (χ3v) is 11.2. The lowest BCUT2D eigenvalue weighted by Crippen LogP contribution is -2.49. The standard InChI is InChI=1S/C28H40N2O2Si/c1-9-31-20-26-29-19-25(24-17-13-16-23(18-24)22-14-11-10-12-15-22)30(26)21-28(5,6)32-33(7,8)27(2,3)4/h10-19H,9,20-21H2,1-8H3. The van der Waals surface area contributed by atoms with Crippen LogP contribution in [0.3, 0.4) is 0 Å². The fraction of sp³-hybridized carbons (Fsp3) is 0.464. The molecule has 0 aliphatic rings. The third kappa shape index (κ3) is 6.22. The minimum atomic E-state index is -1.93. The summed E-state index contributed by atoms with van der Waals surface area (Å²) < 4.78 is 14.9. The Kier molecular flexibility index (Phi) is 7.67. The summed E-state index contributed by atoms with van der Waals surface area (Å²) in [5.41, 5.74) is 4.31. The van der Waals surface area contributed by atoms with E-state index in [-0.39, 0.29) is 10.6 Å². The van der Waals surface area contributed by atoms with Crippen molar-refractivity contribution in [2.24, 2.45) is 0 Å². The quantitative estimate of drug-likeness (QED) is 0.307. The fourth-order valence-electron chi connectivity index (χ4n) is 3.87. The molecule has 0 amide bonds. The lowest BCUT2D eigenvalue weighted by molar-refractivity contribution is 0.0681. The van der Waals surface area contributed by atoms with E-state index in [1.165, 1.54) is 11.1 Å². The fourth-order valence-corrected chi connectivity index (χ4v) is 5.63. The Morgan fingerprint density at radius 1 is 0.879 bits per heavy atom. The number of imidazole rings is 1. The molecule has 0 N–H and O–H groups in total. The van der Waals surface area contributed by atoms with E-state index >= 15 is 0 Å². The van der Waals surface area contributed by atoms with Crippen molar-refractivity contribution in [1.82, 2.24) is 9.55 Å². The monoisotopic (exact) mass is 464 g/mol. The van der Waals surface area contributed by atoms with Gasteiger partial charge in [0.2, 0.25) is 0 Å². The molecule has 178 valence electrons. The Balaban J connectivity index is 1.99. The minimum absolute atomic E-state index is 0.153. The maximum atomic E-state index is 6.86. The van der Waals surface area contributed by atoms with Crippen LogP contribution in [0.15, 0.2) is 60.8 Å². The Morgan fingerprint density at radius 3 is 2.15 bits per heavy atom. The molecule has 0 saturated heterocycles. The number of aromatic nitrogens is 2. The summed E-state index contributed by atoms with van der Waals surface area (Å²) >= 11 is 0. The van der Waals surface area contributed by atoms with Gasteiger partial charge in [0.05, 0.1) is 24.0 Å². The normalized spacial score (nSPS) is 12.8. The molecule has 2 aromatic carbocycles. The van der Waals surface area contributed by atoms with Gasteiger partial charge in [-0.2, -0.15) is 0 Å². The van der Waals surface area contributed by atoms with E-state index in [1.54, 1.807) is 0 Å². The van der Waals surface area contributed by atoms with Crippen LogP contribution in [-0.4, -0.2) is 30.1 Å². The molecule has 3 aromatic rings. The number of nitrogens with zero attached hydrogens (tertiary/aromatic N) is 2. The summed E-state index contributed by atoms with van der Waals surface area (Å²) in [6.07, 6.45) is 1.97. The molecule has 0 radical (unpaired) electrons. The summed E-state index contributed by atoms with van der Waals surface area (Å²) in [7, 11) is -1.93. The SMILES string of the molecule is CCOCc1ncc(-c2cccc(-c3ccccc3)c2)n1CC(C)(C)O[Si](C)(C)C(C)(C)C. The van der Waals surface area contributed by atoms with E-state index in [1.807, 2.05) is 19.2 Å². The largest absolute Gasteiger partial charge is 0.410 e. The molecule has 0 bridgehead atoms. The van der Waals surface area contributed by atoms with Crippen molar-refractivity contribution < 1.29 is 9.16 Å². The number of benzene rings is 2. The minimum Gasteiger partial charge on any atom is -0.410 e. The molecule has 0 fully saturated rings. The van der Waals surface area contributed by atoms with Crippen LogP contribution in [0.4, 0.5) is 0 Å². The summed E-state index contributed by atoms with van der Waals surface area (Å²) in [6, 6.07) is 19.2. The number of ether oxygens (including phenoxy) is 1. The van der Waals surface area contributed by atoms with E-state index in [0.29, 0.717) is 19.8 Å². The van der Waals surface area contributed by atoms with E-state index < -0.39 is 8.32 Å². The molecule has 1 aromatic heterocycles. The van der Waals surface area contributed by atoms with Gasteiger partial charge in [0.25, 0.3) is 0 Å². The van der Waals surface area contributed by atoms with Gasteiger partial charge >= 0.3 is 0 Å². The van der Waals surface area contributed by atoms with Crippen LogP contribution < -0.4 is 0 Å². The Bertz CT molecular complexity index is 1050. The molecule has 0 spiro atoms. The first-order valence-corrected chi connectivity index (χ1v) is 14.8. The average Bonchev–Trinajstić information content (AvgIpc) is 3.13. The molecule has 0 aliphatic heterocycles. The first kappa shape index (κ1) is 25.4. The van der Waals surface area contributed by atoms with Gasteiger partial charge in [0, 0.05) is 12.2 Å². The second-order valence-corrected chi connectivity index (χ2v) is 15.6. The first-order chi connectivity index (χ1) is 15.4. The van der Waals surface area contributed by atoms with Gasteiger partial charge in [0.1, 0.15) is 12.4 Å². The first-order valence-electron chi connectivity index (χ1n) is 11.9. The summed E-state index contributed by atoms with van der Waals surface area (Å²) in [6.45, 7) is 19.8. The van der Waals surface area contributed by atoms with Crippen molar-refractivity contribution in [2.75, 3.05) is 6.61 Å². The highest BCUT2D eigenvalue weighted by Crippen LogP contribution is 2.40. The smallest absolute Gasteiger partial charge is 0.192 e. The highest BCUT2D eigenvalue weighted by molar-refractivity contribution is 6.74. The van der Waals surface area contributed by atoms with E-state index in [4.69, 9.17) is 14.1 Å². The summed E-state index contributed by atoms with van der Waals surface area (Å²) in [4.78, 5) is 4.76. The van der Waals surface area contributed by atoms with Gasteiger partial charge in [-0.25, -0.2) is 4.98 Å². The molecule has 0 unspecified atom stereocenters. The molecule has 0 atom stereocenters. The highest BCUT2D eigenvalue weighted by Gasteiger charge is 2.41. The summed E-state index contributed by atoms with van der Waals surface area (Å²) in [5.74, 6) is 0.934. The molecule has 3 rings (SSSR count). The molecular formula is C28H40N2O2Si. The lowest BCUT2D eigenvalue weighted by Gasteiger charge is -2.43. The second-order valence-electron chi connectivity index (χ2n) is 10.9. The molecule has 0 saturated carbocycles. The topological polar surface area (TPSA) is 36.3 Å². The Labute approximate surface area is 201 Å².